The number of hydrogen-bond acceptors (Lipinski definition) is 2. The number of aryl methyl sites for hydroxylation is 1. The number of aliphatic hydroxyl groups is 1. The summed E-state index contributed by atoms with van der Waals surface area (Å²) >= 11 is 0. The third-order valence-electron chi connectivity index (χ3n) is 4.09. The van der Waals surface area contributed by atoms with Crippen molar-refractivity contribution in [3.63, 3.8) is 0 Å². The zero-order chi connectivity index (χ0) is 15.2. The van der Waals surface area contributed by atoms with Crippen molar-refractivity contribution in [2.75, 3.05) is 11.4 Å². The predicted molar refractivity (Wildman–Crippen MR) is 89.7 cm³/mol. The second kappa shape index (κ2) is 7.28. The highest BCUT2D eigenvalue weighted by atomic mass is 16.3. The first-order valence-corrected chi connectivity index (χ1v) is 7.74. The Kier molecular flexibility index (Phi) is 5.40. The van der Waals surface area contributed by atoms with Crippen LogP contribution in [0.25, 0.3) is 0 Å². The van der Waals surface area contributed by atoms with E-state index in [1.54, 1.807) is 0 Å². The summed E-state index contributed by atoms with van der Waals surface area (Å²) < 4.78 is 0. The van der Waals surface area contributed by atoms with Crippen LogP contribution in [0.3, 0.4) is 0 Å². The van der Waals surface area contributed by atoms with Crippen molar-refractivity contribution >= 4 is 5.69 Å². The van der Waals surface area contributed by atoms with E-state index in [1.165, 1.54) is 11.3 Å². The molecular weight excluding hydrogens is 258 g/mol. The van der Waals surface area contributed by atoms with Gasteiger partial charge in [-0.05, 0) is 37.5 Å². The molecule has 0 spiro atoms. The fraction of sp³-hybridized carbons (Fsp3) is 0.368. The van der Waals surface area contributed by atoms with E-state index >= 15 is 0 Å². The van der Waals surface area contributed by atoms with Crippen molar-refractivity contribution in [3.05, 3.63) is 65.7 Å². The van der Waals surface area contributed by atoms with Crippen LogP contribution in [-0.2, 0) is 0 Å². The zero-order valence-electron chi connectivity index (χ0n) is 13.2. The second-order valence-electron chi connectivity index (χ2n) is 5.40. The van der Waals surface area contributed by atoms with Gasteiger partial charge in [-0.1, -0.05) is 55.5 Å². The van der Waals surface area contributed by atoms with Gasteiger partial charge in [0.1, 0.15) is 0 Å². The monoisotopic (exact) mass is 283 g/mol. The van der Waals surface area contributed by atoms with Crippen LogP contribution in [0.4, 0.5) is 5.69 Å². The Bertz CT molecular complexity index is 553. The van der Waals surface area contributed by atoms with Crippen LogP contribution >= 0.6 is 0 Å². The van der Waals surface area contributed by atoms with Crippen LogP contribution in [0.1, 0.15) is 37.5 Å². The number of anilines is 1. The number of para-hydroxylation sites is 1. The fourth-order valence-electron chi connectivity index (χ4n) is 2.96. The van der Waals surface area contributed by atoms with E-state index < -0.39 is 6.10 Å². The van der Waals surface area contributed by atoms with Gasteiger partial charge in [-0.2, -0.15) is 0 Å². The van der Waals surface area contributed by atoms with Crippen LogP contribution in [0.15, 0.2) is 54.6 Å². The summed E-state index contributed by atoms with van der Waals surface area (Å²) in [5.41, 5.74) is 3.44. The van der Waals surface area contributed by atoms with E-state index in [1.807, 2.05) is 30.3 Å². The Morgan fingerprint density at radius 1 is 0.952 bits per heavy atom. The molecule has 0 aliphatic carbocycles. The molecule has 2 unspecified atom stereocenters. The molecule has 0 saturated heterocycles. The Hall–Kier alpha value is -1.80. The van der Waals surface area contributed by atoms with Gasteiger partial charge < -0.3 is 10.0 Å². The zero-order valence-corrected chi connectivity index (χ0v) is 13.2. The van der Waals surface area contributed by atoms with E-state index in [-0.39, 0.29) is 6.04 Å². The van der Waals surface area contributed by atoms with Gasteiger partial charge in [-0.25, -0.2) is 0 Å². The molecule has 0 aliphatic rings. The molecule has 2 aromatic carbocycles. The molecule has 0 heterocycles. The molecule has 0 radical (unpaired) electrons. The van der Waals surface area contributed by atoms with Crippen molar-refractivity contribution < 1.29 is 5.11 Å². The first-order valence-electron chi connectivity index (χ1n) is 7.74. The summed E-state index contributed by atoms with van der Waals surface area (Å²) in [7, 11) is 0. The molecule has 2 heteroatoms. The van der Waals surface area contributed by atoms with Gasteiger partial charge in [-0.3, -0.25) is 0 Å². The number of likely N-dealkylation sites (N-methyl/N-ethyl adjacent to an activating group) is 1. The molecule has 0 bridgehead atoms. The molecule has 0 fully saturated rings. The molecule has 0 aliphatic heterocycles. The average Bonchev–Trinajstić information content (AvgIpc) is 2.54. The van der Waals surface area contributed by atoms with Crippen molar-refractivity contribution in [2.24, 2.45) is 0 Å². The fourth-order valence-corrected chi connectivity index (χ4v) is 2.96. The second-order valence-corrected chi connectivity index (χ2v) is 5.40. The van der Waals surface area contributed by atoms with E-state index in [9.17, 15) is 5.11 Å². The number of rotatable bonds is 6. The minimum atomic E-state index is -0.476. The molecular formula is C19H25NO. The van der Waals surface area contributed by atoms with Crippen molar-refractivity contribution in [1.29, 1.82) is 0 Å². The predicted octanol–water partition coefficient (Wildman–Crippen LogP) is 4.33. The molecule has 112 valence electrons. The summed E-state index contributed by atoms with van der Waals surface area (Å²) in [6, 6.07) is 18.4. The number of nitrogens with zero attached hydrogens (tertiary/aromatic N) is 1. The normalized spacial score (nSPS) is 13.7. The minimum absolute atomic E-state index is 0.0819. The molecule has 2 atom stereocenters. The highest BCUT2D eigenvalue weighted by Crippen LogP contribution is 2.29. The van der Waals surface area contributed by atoms with Crippen molar-refractivity contribution in [3.8, 4) is 0 Å². The summed E-state index contributed by atoms with van der Waals surface area (Å²) in [4.78, 5) is 2.31. The smallest absolute Gasteiger partial charge is 0.0992 e. The van der Waals surface area contributed by atoms with Gasteiger partial charge >= 0.3 is 0 Å². The van der Waals surface area contributed by atoms with E-state index in [2.05, 4.69) is 49.9 Å². The average molecular weight is 283 g/mol. The Morgan fingerprint density at radius 2 is 1.57 bits per heavy atom. The molecule has 2 aromatic rings. The van der Waals surface area contributed by atoms with Gasteiger partial charge in [-0.15, -0.1) is 0 Å². The van der Waals surface area contributed by atoms with Crippen LogP contribution < -0.4 is 4.90 Å². The maximum Gasteiger partial charge on any atom is 0.0992 e. The lowest BCUT2D eigenvalue weighted by Gasteiger charge is -2.36. The standard InChI is InChI=1S/C19H25NO/c1-4-17(19(21)16-12-7-6-8-13-16)20(5-2)18-14-10-9-11-15(18)3/h6-14,17,19,21H,4-5H2,1-3H3. The van der Waals surface area contributed by atoms with Gasteiger partial charge in [0, 0.05) is 12.2 Å². The lowest BCUT2D eigenvalue weighted by atomic mass is 9.97. The Balaban J connectivity index is 2.32. The van der Waals surface area contributed by atoms with Gasteiger partial charge in [0.2, 0.25) is 0 Å². The van der Waals surface area contributed by atoms with Gasteiger partial charge in [0.15, 0.2) is 0 Å². The van der Waals surface area contributed by atoms with E-state index in [0.29, 0.717) is 0 Å². The number of benzene rings is 2. The summed E-state index contributed by atoms with van der Waals surface area (Å²) in [6.07, 6.45) is 0.425. The maximum absolute atomic E-state index is 10.8. The molecule has 21 heavy (non-hydrogen) atoms. The van der Waals surface area contributed by atoms with Crippen LogP contribution in [0.5, 0.6) is 0 Å². The van der Waals surface area contributed by atoms with Crippen LogP contribution in [0, 0.1) is 6.92 Å². The third kappa shape index (κ3) is 3.45. The largest absolute Gasteiger partial charge is 0.386 e. The Morgan fingerprint density at radius 3 is 2.14 bits per heavy atom. The highest BCUT2D eigenvalue weighted by Gasteiger charge is 2.25. The van der Waals surface area contributed by atoms with Crippen molar-refractivity contribution in [2.45, 2.75) is 39.3 Å². The quantitative estimate of drug-likeness (QED) is 0.852. The minimum Gasteiger partial charge on any atom is -0.386 e. The topological polar surface area (TPSA) is 23.5 Å². The number of hydrogen-bond donors (Lipinski definition) is 1. The molecule has 0 aromatic heterocycles. The van der Waals surface area contributed by atoms with E-state index in [4.69, 9.17) is 0 Å². The van der Waals surface area contributed by atoms with Gasteiger partial charge in [0.25, 0.3) is 0 Å². The summed E-state index contributed by atoms with van der Waals surface area (Å²) in [5.74, 6) is 0. The molecule has 2 rings (SSSR count). The van der Waals surface area contributed by atoms with Gasteiger partial charge in [0.05, 0.1) is 12.1 Å². The molecule has 1 N–H and O–H groups in total. The van der Waals surface area contributed by atoms with Crippen LogP contribution in [0.2, 0.25) is 0 Å². The Labute approximate surface area is 128 Å². The lowest BCUT2D eigenvalue weighted by Crippen LogP contribution is -2.39. The van der Waals surface area contributed by atoms with E-state index in [0.717, 1.165) is 18.5 Å². The highest BCUT2D eigenvalue weighted by molar-refractivity contribution is 5.54. The maximum atomic E-state index is 10.8. The molecule has 0 amide bonds. The van der Waals surface area contributed by atoms with Crippen LogP contribution in [-0.4, -0.2) is 17.7 Å². The molecule has 2 nitrogen and oxygen atoms in total. The third-order valence-corrected chi connectivity index (χ3v) is 4.09. The summed E-state index contributed by atoms with van der Waals surface area (Å²) in [6.45, 7) is 7.29. The SMILES string of the molecule is CCC(C(O)c1ccccc1)N(CC)c1ccccc1C. The first kappa shape index (κ1) is 15.6. The summed E-state index contributed by atoms with van der Waals surface area (Å²) in [5, 5.41) is 10.8. The first-order chi connectivity index (χ1) is 10.2. The lowest BCUT2D eigenvalue weighted by molar-refractivity contribution is 0.140. The number of aliphatic hydroxyl groups excluding tert-OH is 1. The molecule has 0 saturated carbocycles. The van der Waals surface area contributed by atoms with Crippen molar-refractivity contribution in [1.82, 2.24) is 0 Å².